The highest BCUT2D eigenvalue weighted by Crippen LogP contribution is 2.35. The Balaban J connectivity index is 1.81. The molecule has 3 rings (SSSR count). The lowest BCUT2D eigenvalue weighted by molar-refractivity contribution is 0.185. The van der Waals surface area contributed by atoms with Crippen molar-refractivity contribution in [2.75, 3.05) is 19.0 Å². The number of nitriles is 1. The van der Waals surface area contributed by atoms with Gasteiger partial charge in [-0.25, -0.2) is 0 Å². The molecule has 3 aromatic rings. The third-order valence-corrected chi connectivity index (χ3v) is 5.17. The Morgan fingerprint density at radius 2 is 1.71 bits per heavy atom. The monoisotopic (exact) mass is 415 g/mol. The maximum absolute atomic E-state index is 8.97. The maximum atomic E-state index is 8.97. The fraction of sp³-hybridized carbons (Fsp3) is 0.269. The highest BCUT2D eigenvalue weighted by atomic mass is 16.5. The van der Waals surface area contributed by atoms with E-state index >= 15 is 0 Å². The van der Waals surface area contributed by atoms with E-state index in [9.17, 15) is 0 Å². The van der Waals surface area contributed by atoms with Gasteiger partial charge in [-0.05, 0) is 53.9 Å². The number of hydrogen-bond donors (Lipinski definition) is 2. The normalized spacial score (nSPS) is 12.5. The fourth-order valence-corrected chi connectivity index (χ4v) is 3.50. The summed E-state index contributed by atoms with van der Waals surface area (Å²) in [6.07, 6.45) is 1.90. The molecule has 0 amide bonds. The van der Waals surface area contributed by atoms with E-state index in [-0.39, 0.29) is 12.1 Å². The second kappa shape index (κ2) is 11.1. The van der Waals surface area contributed by atoms with Gasteiger partial charge in [0.05, 0.1) is 24.8 Å². The first-order valence-electron chi connectivity index (χ1n) is 10.5. The Bertz CT molecular complexity index is 997. The largest absolute Gasteiger partial charge is 0.493 e. The summed E-state index contributed by atoms with van der Waals surface area (Å²) in [5.74, 6) is 1.39. The van der Waals surface area contributed by atoms with Crippen molar-refractivity contribution in [2.24, 2.45) is 5.73 Å². The lowest BCUT2D eigenvalue weighted by Crippen LogP contribution is -2.20. The molecule has 0 radical (unpaired) electrons. The highest BCUT2D eigenvalue weighted by molar-refractivity contribution is 5.51. The third kappa shape index (κ3) is 5.78. The predicted molar refractivity (Wildman–Crippen MR) is 124 cm³/mol. The molecule has 160 valence electrons. The molecule has 1 unspecified atom stereocenters. The predicted octanol–water partition coefficient (Wildman–Crippen LogP) is 5.60. The van der Waals surface area contributed by atoms with Crippen LogP contribution in [0.5, 0.6) is 11.5 Å². The van der Waals surface area contributed by atoms with E-state index in [1.807, 2.05) is 48.5 Å². The van der Waals surface area contributed by atoms with Gasteiger partial charge in [-0.1, -0.05) is 49.7 Å². The number of methoxy groups -OCH3 is 1. The smallest absolute Gasteiger partial charge is 0.162 e. The Kier molecular flexibility index (Phi) is 7.91. The summed E-state index contributed by atoms with van der Waals surface area (Å²) in [5.41, 5.74) is 9.73. The van der Waals surface area contributed by atoms with Gasteiger partial charge in [0, 0.05) is 12.2 Å². The summed E-state index contributed by atoms with van der Waals surface area (Å²) in [5, 5.41) is 12.4. The SMILES string of the molecule is CCC[C@H](Oc1ccc(C(CN)Nc2ccc(C#N)cc2)cc1OC)c1ccccc1. The summed E-state index contributed by atoms with van der Waals surface area (Å²) < 4.78 is 12.0. The van der Waals surface area contributed by atoms with Gasteiger partial charge in [0.2, 0.25) is 0 Å². The topological polar surface area (TPSA) is 80.3 Å². The third-order valence-electron chi connectivity index (χ3n) is 5.17. The van der Waals surface area contributed by atoms with Gasteiger partial charge in [0.15, 0.2) is 11.5 Å². The first-order chi connectivity index (χ1) is 15.2. The molecule has 0 fully saturated rings. The second-order valence-electron chi connectivity index (χ2n) is 7.34. The minimum Gasteiger partial charge on any atom is -0.493 e. The minimum absolute atomic E-state index is 0.0342. The number of nitrogens with one attached hydrogen (secondary N) is 1. The van der Waals surface area contributed by atoms with Crippen LogP contribution in [0, 0.1) is 11.3 Å². The Morgan fingerprint density at radius 1 is 0.968 bits per heavy atom. The zero-order valence-electron chi connectivity index (χ0n) is 18.0. The molecular formula is C26H29N3O2. The minimum atomic E-state index is -0.101. The van der Waals surface area contributed by atoms with E-state index in [0.717, 1.165) is 29.7 Å². The molecule has 3 N–H and O–H groups in total. The van der Waals surface area contributed by atoms with Crippen molar-refractivity contribution in [1.82, 2.24) is 0 Å². The fourth-order valence-electron chi connectivity index (χ4n) is 3.50. The zero-order valence-corrected chi connectivity index (χ0v) is 18.0. The summed E-state index contributed by atoms with van der Waals surface area (Å²) in [6, 6.07) is 25.5. The first kappa shape index (κ1) is 22.2. The van der Waals surface area contributed by atoms with Crippen LogP contribution in [-0.2, 0) is 0 Å². The first-order valence-corrected chi connectivity index (χ1v) is 10.5. The molecule has 2 atom stereocenters. The number of anilines is 1. The van der Waals surface area contributed by atoms with E-state index in [4.69, 9.17) is 20.5 Å². The van der Waals surface area contributed by atoms with Crippen molar-refractivity contribution in [3.63, 3.8) is 0 Å². The van der Waals surface area contributed by atoms with Crippen LogP contribution in [0.3, 0.4) is 0 Å². The molecule has 0 heterocycles. The van der Waals surface area contributed by atoms with E-state index < -0.39 is 0 Å². The van der Waals surface area contributed by atoms with Crippen LogP contribution >= 0.6 is 0 Å². The van der Waals surface area contributed by atoms with E-state index in [1.165, 1.54) is 0 Å². The number of rotatable bonds is 10. The van der Waals surface area contributed by atoms with Crippen molar-refractivity contribution < 1.29 is 9.47 Å². The standard InChI is InChI=1S/C26H29N3O2/c1-3-7-24(20-8-5-4-6-9-20)31-25-15-12-21(16-26(25)30-2)23(18-28)29-22-13-10-19(17-27)11-14-22/h4-6,8-16,23-24,29H,3,7,18,28H2,1-2H3/t23?,24-/m0/s1. The molecule has 0 spiro atoms. The number of hydrogen-bond acceptors (Lipinski definition) is 5. The molecular weight excluding hydrogens is 386 g/mol. The van der Waals surface area contributed by atoms with Crippen molar-refractivity contribution in [3.8, 4) is 17.6 Å². The van der Waals surface area contributed by atoms with E-state index in [0.29, 0.717) is 23.6 Å². The van der Waals surface area contributed by atoms with Gasteiger partial charge in [-0.15, -0.1) is 0 Å². The molecule has 0 aliphatic heterocycles. The van der Waals surface area contributed by atoms with E-state index in [2.05, 4.69) is 30.4 Å². The second-order valence-corrected chi connectivity index (χ2v) is 7.34. The lowest BCUT2D eigenvalue weighted by Gasteiger charge is -2.23. The zero-order chi connectivity index (χ0) is 22.1. The van der Waals surface area contributed by atoms with Crippen LogP contribution in [0.4, 0.5) is 5.69 Å². The Hall–Kier alpha value is -3.49. The molecule has 3 aromatic carbocycles. The van der Waals surface area contributed by atoms with Gasteiger partial charge in [-0.3, -0.25) is 0 Å². The lowest BCUT2D eigenvalue weighted by atomic mass is 10.0. The Labute approximate surface area is 184 Å². The summed E-state index contributed by atoms with van der Waals surface area (Å²) in [4.78, 5) is 0. The van der Waals surface area contributed by atoms with Crippen molar-refractivity contribution in [1.29, 1.82) is 5.26 Å². The molecule has 31 heavy (non-hydrogen) atoms. The highest BCUT2D eigenvalue weighted by Gasteiger charge is 2.18. The van der Waals surface area contributed by atoms with Crippen LogP contribution in [0.2, 0.25) is 0 Å². The summed E-state index contributed by atoms with van der Waals surface area (Å²) in [7, 11) is 1.65. The van der Waals surface area contributed by atoms with Gasteiger partial charge in [-0.2, -0.15) is 5.26 Å². The quantitative estimate of drug-likeness (QED) is 0.450. The van der Waals surface area contributed by atoms with Crippen molar-refractivity contribution in [2.45, 2.75) is 31.9 Å². The maximum Gasteiger partial charge on any atom is 0.162 e. The molecule has 0 aromatic heterocycles. The molecule has 0 saturated carbocycles. The van der Waals surface area contributed by atoms with E-state index in [1.54, 1.807) is 19.2 Å². The van der Waals surface area contributed by atoms with Gasteiger partial charge < -0.3 is 20.5 Å². The molecule has 0 saturated heterocycles. The number of nitrogens with zero attached hydrogens (tertiary/aromatic N) is 1. The van der Waals surface area contributed by atoms with Crippen LogP contribution < -0.4 is 20.5 Å². The van der Waals surface area contributed by atoms with Crippen molar-refractivity contribution >= 4 is 5.69 Å². The van der Waals surface area contributed by atoms with Crippen LogP contribution in [-0.4, -0.2) is 13.7 Å². The van der Waals surface area contributed by atoms with Gasteiger partial charge in [0.25, 0.3) is 0 Å². The van der Waals surface area contributed by atoms with Gasteiger partial charge >= 0.3 is 0 Å². The average Bonchev–Trinajstić information content (AvgIpc) is 2.83. The number of nitrogens with two attached hydrogens (primary N) is 1. The van der Waals surface area contributed by atoms with Crippen LogP contribution in [0.25, 0.3) is 0 Å². The summed E-state index contributed by atoms with van der Waals surface area (Å²) in [6.45, 7) is 2.56. The molecule has 0 aliphatic carbocycles. The molecule has 0 aliphatic rings. The summed E-state index contributed by atoms with van der Waals surface area (Å²) >= 11 is 0. The molecule has 0 bridgehead atoms. The molecule has 5 nitrogen and oxygen atoms in total. The molecule has 5 heteroatoms. The van der Waals surface area contributed by atoms with Crippen LogP contribution in [0.1, 0.15) is 48.6 Å². The number of ether oxygens (including phenoxy) is 2. The van der Waals surface area contributed by atoms with Gasteiger partial charge in [0.1, 0.15) is 6.10 Å². The van der Waals surface area contributed by atoms with Crippen LogP contribution in [0.15, 0.2) is 72.8 Å². The number of benzene rings is 3. The average molecular weight is 416 g/mol. The van der Waals surface area contributed by atoms with Crippen molar-refractivity contribution in [3.05, 3.63) is 89.5 Å². The Morgan fingerprint density at radius 3 is 2.32 bits per heavy atom.